The van der Waals surface area contributed by atoms with Crippen LogP contribution in [0.3, 0.4) is 0 Å². The van der Waals surface area contributed by atoms with Gasteiger partial charge < -0.3 is 10.2 Å². The molecule has 0 unspecified atom stereocenters. The van der Waals surface area contributed by atoms with E-state index in [4.69, 9.17) is 5.26 Å². The third-order valence-electron chi connectivity index (χ3n) is 4.49. The molecule has 2 aromatic rings. The fourth-order valence-electron chi connectivity index (χ4n) is 3.09. The van der Waals surface area contributed by atoms with E-state index < -0.39 is 5.82 Å². The average molecular weight is 352 g/mol. The van der Waals surface area contributed by atoms with Crippen molar-refractivity contribution < 1.29 is 9.18 Å². The number of urea groups is 1. The highest BCUT2D eigenvalue weighted by molar-refractivity contribution is 5.90. The summed E-state index contributed by atoms with van der Waals surface area (Å²) >= 11 is 0. The first-order valence-electron chi connectivity index (χ1n) is 8.58. The molecule has 6 heteroatoms. The van der Waals surface area contributed by atoms with E-state index in [9.17, 15) is 9.18 Å². The molecule has 1 aliphatic heterocycles. The van der Waals surface area contributed by atoms with Crippen LogP contribution < -0.4 is 5.32 Å². The van der Waals surface area contributed by atoms with Gasteiger partial charge in [-0.05, 0) is 30.7 Å². The van der Waals surface area contributed by atoms with Gasteiger partial charge in [-0.1, -0.05) is 29.8 Å². The smallest absolute Gasteiger partial charge is 0.321 e. The molecule has 3 rings (SSSR count). The lowest BCUT2D eigenvalue weighted by atomic mass is 10.1. The first-order chi connectivity index (χ1) is 12.5. The Morgan fingerprint density at radius 1 is 1.19 bits per heavy atom. The van der Waals surface area contributed by atoms with Crippen molar-refractivity contribution in [3.63, 3.8) is 0 Å². The van der Waals surface area contributed by atoms with Crippen LogP contribution in [-0.2, 0) is 6.54 Å². The Morgan fingerprint density at radius 2 is 1.96 bits per heavy atom. The van der Waals surface area contributed by atoms with E-state index in [1.807, 2.05) is 6.07 Å². The second-order valence-corrected chi connectivity index (χ2v) is 6.48. The first-order valence-corrected chi connectivity index (χ1v) is 8.58. The van der Waals surface area contributed by atoms with Crippen molar-refractivity contribution in [3.05, 3.63) is 65.0 Å². The summed E-state index contributed by atoms with van der Waals surface area (Å²) in [6.45, 7) is 5.75. The topological polar surface area (TPSA) is 59.4 Å². The number of aryl methyl sites for hydroxylation is 1. The quantitative estimate of drug-likeness (QED) is 0.921. The molecule has 2 amide bonds. The number of nitrogens with one attached hydrogen (secondary N) is 1. The maximum absolute atomic E-state index is 13.2. The van der Waals surface area contributed by atoms with E-state index in [1.165, 1.54) is 23.3 Å². The van der Waals surface area contributed by atoms with E-state index in [-0.39, 0.29) is 11.6 Å². The van der Waals surface area contributed by atoms with Crippen molar-refractivity contribution in [1.82, 2.24) is 9.80 Å². The molecule has 1 N–H and O–H groups in total. The summed E-state index contributed by atoms with van der Waals surface area (Å²) in [4.78, 5) is 16.5. The summed E-state index contributed by atoms with van der Waals surface area (Å²) < 4.78 is 13.2. The van der Waals surface area contributed by atoms with Crippen LogP contribution in [0.5, 0.6) is 0 Å². The highest BCUT2D eigenvalue weighted by Crippen LogP contribution is 2.17. The third-order valence-corrected chi connectivity index (χ3v) is 4.49. The maximum Gasteiger partial charge on any atom is 0.321 e. The van der Waals surface area contributed by atoms with E-state index in [1.54, 1.807) is 4.90 Å². The number of piperazine rings is 1. The van der Waals surface area contributed by atoms with E-state index in [0.29, 0.717) is 18.8 Å². The SMILES string of the molecule is Cc1cccc(CN2CCN(C(=O)Nc3ccc(F)cc3C#N)CC2)c1. The fraction of sp³-hybridized carbons (Fsp3) is 0.300. The van der Waals surface area contributed by atoms with Gasteiger partial charge >= 0.3 is 6.03 Å². The van der Waals surface area contributed by atoms with E-state index in [0.717, 1.165) is 25.7 Å². The monoisotopic (exact) mass is 352 g/mol. The van der Waals surface area contributed by atoms with Gasteiger partial charge in [-0.15, -0.1) is 0 Å². The van der Waals surface area contributed by atoms with Gasteiger partial charge in [-0.2, -0.15) is 5.26 Å². The molecule has 26 heavy (non-hydrogen) atoms. The van der Waals surface area contributed by atoms with Gasteiger partial charge in [-0.3, -0.25) is 4.90 Å². The minimum atomic E-state index is -0.496. The Kier molecular flexibility index (Phi) is 5.49. The van der Waals surface area contributed by atoms with Crippen molar-refractivity contribution >= 4 is 11.7 Å². The largest absolute Gasteiger partial charge is 0.322 e. The minimum Gasteiger partial charge on any atom is -0.322 e. The molecule has 0 radical (unpaired) electrons. The Labute approximate surface area is 152 Å². The van der Waals surface area contributed by atoms with Gasteiger partial charge in [0.25, 0.3) is 0 Å². The number of nitrogens with zero attached hydrogens (tertiary/aromatic N) is 3. The molecule has 0 spiro atoms. The van der Waals surface area contributed by atoms with Crippen LogP contribution in [0.15, 0.2) is 42.5 Å². The number of hydrogen-bond donors (Lipinski definition) is 1. The van der Waals surface area contributed by atoms with Crippen LogP contribution in [0, 0.1) is 24.1 Å². The molecule has 5 nitrogen and oxygen atoms in total. The molecule has 1 heterocycles. The number of rotatable bonds is 3. The summed E-state index contributed by atoms with van der Waals surface area (Å²) in [6.07, 6.45) is 0. The number of nitriles is 1. The molecule has 0 saturated carbocycles. The van der Waals surface area contributed by atoms with Crippen LogP contribution in [-0.4, -0.2) is 42.0 Å². The van der Waals surface area contributed by atoms with Crippen LogP contribution in [0.2, 0.25) is 0 Å². The lowest BCUT2D eigenvalue weighted by Gasteiger charge is -2.34. The van der Waals surface area contributed by atoms with Gasteiger partial charge in [0, 0.05) is 32.7 Å². The fourth-order valence-corrected chi connectivity index (χ4v) is 3.09. The predicted molar refractivity (Wildman–Crippen MR) is 98.2 cm³/mol. The lowest BCUT2D eigenvalue weighted by Crippen LogP contribution is -2.49. The van der Waals surface area contributed by atoms with Gasteiger partial charge in [0.05, 0.1) is 11.3 Å². The standard InChI is InChI=1S/C20H21FN4O/c1-15-3-2-4-16(11-15)14-24-7-9-25(10-8-24)20(26)23-19-6-5-18(21)12-17(19)13-22/h2-6,11-12H,7-10,14H2,1H3,(H,23,26). The van der Waals surface area contributed by atoms with Crippen molar-refractivity contribution in [2.45, 2.75) is 13.5 Å². The molecule has 0 bridgehead atoms. The van der Waals surface area contributed by atoms with Crippen molar-refractivity contribution in [2.75, 3.05) is 31.5 Å². The van der Waals surface area contributed by atoms with Crippen LogP contribution in [0.1, 0.15) is 16.7 Å². The van der Waals surface area contributed by atoms with Crippen molar-refractivity contribution in [1.29, 1.82) is 5.26 Å². The predicted octanol–water partition coefficient (Wildman–Crippen LogP) is 3.36. The molecule has 1 aliphatic rings. The molecule has 1 saturated heterocycles. The van der Waals surface area contributed by atoms with Gasteiger partial charge in [0.2, 0.25) is 0 Å². The van der Waals surface area contributed by atoms with E-state index in [2.05, 4.69) is 41.4 Å². The lowest BCUT2D eigenvalue weighted by molar-refractivity contribution is 0.143. The van der Waals surface area contributed by atoms with E-state index >= 15 is 0 Å². The minimum absolute atomic E-state index is 0.122. The number of anilines is 1. The zero-order chi connectivity index (χ0) is 18.5. The molecule has 1 fully saturated rings. The Balaban J connectivity index is 1.55. The Bertz CT molecular complexity index is 838. The highest BCUT2D eigenvalue weighted by atomic mass is 19.1. The number of benzene rings is 2. The zero-order valence-electron chi connectivity index (χ0n) is 14.7. The number of hydrogen-bond acceptors (Lipinski definition) is 3. The molecule has 134 valence electrons. The molecule has 0 atom stereocenters. The summed E-state index contributed by atoms with van der Waals surface area (Å²) in [5.41, 5.74) is 2.97. The number of halogens is 1. The van der Waals surface area contributed by atoms with Crippen molar-refractivity contribution in [3.8, 4) is 6.07 Å². The summed E-state index contributed by atoms with van der Waals surface area (Å²) in [6, 6.07) is 13.8. The number of carbonyl (C=O) groups is 1. The number of amides is 2. The van der Waals surface area contributed by atoms with Gasteiger partial charge in [0.1, 0.15) is 11.9 Å². The normalized spacial score (nSPS) is 14.7. The molecule has 0 aliphatic carbocycles. The van der Waals surface area contributed by atoms with Crippen LogP contribution in [0.25, 0.3) is 0 Å². The molecular formula is C20H21FN4O. The second kappa shape index (κ2) is 7.98. The highest BCUT2D eigenvalue weighted by Gasteiger charge is 2.21. The second-order valence-electron chi connectivity index (χ2n) is 6.48. The zero-order valence-corrected chi connectivity index (χ0v) is 14.7. The molecular weight excluding hydrogens is 331 g/mol. The summed E-state index contributed by atoms with van der Waals surface area (Å²) in [5.74, 6) is -0.496. The van der Waals surface area contributed by atoms with Crippen LogP contribution in [0.4, 0.5) is 14.9 Å². The maximum atomic E-state index is 13.2. The summed E-state index contributed by atoms with van der Waals surface area (Å²) in [5, 5.41) is 11.8. The number of carbonyl (C=O) groups excluding carboxylic acids is 1. The average Bonchev–Trinajstić information content (AvgIpc) is 2.63. The third kappa shape index (κ3) is 4.38. The molecule has 2 aromatic carbocycles. The van der Waals surface area contributed by atoms with Crippen molar-refractivity contribution in [2.24, 2.45) is 0 Å². The van der Waals surface area contributed by atoms with Gasteiger partial charge in [-0.25, -0.2) is 9.18 Å². The summed E-state index contributed by atoms with van der Waals surface area (Å²) in [7, 11) is 0. The first kappa shape index (κ1) is 17.9. The van der Waals surface area contributed by atoms with Crippen LogP contribution >= 0.6 is 0 Å². The Hall–Kier alpha value is -2.91. The Morgan fingerprint density at radius 3 is 2.65 bits per heavy atom. The van der Waals surface area contributed by atoms with Gasteiger partial charge in [0.15, 0.2) is 0 Å². The molecule has 0 aromatic heterocycles.